The van der Waals surface area contributed by atoms with Gasteiger partial charge in [-0.15, -0.1) is 0 Å². The fraction of sp³-hybridized carbons (Fsp3) is 1.00. The molecule has 0 bridgehead atoms. The second-order valence-electron chi connectivity index (χ2n) is 13.1. The Morgan fingerprint density at radius 1 is 0.643 bits per heavy atom. The minimum Gasteiger partial charge on any atom is -0.375 e. The summed E-state index contributed by atoms with van der Waals surface area (Å²) in [5.74, 6) is 1.13. The number of unbranched alkanes of at least 4 members (excludes halogenated alkanes) is 16. The summed E-state index contributed by atoms with van der Waals surface area (Å²) in [4.78, 5) is 0. The Morgan fingerprint density at radius 2 is 1.07 bits per heavy atom. The van der Waals surface area contributed by atoms with E-state index in [1.54, 1.807) is 0 Å². The van der Waals surface area contributed by atoms with Crippen LogP contribution in [-0.2, 0) is 22.9 Å². The molecule has 252 valence electrons. The van der Waals surface area contributed by atoms with Crippen LogP contribution in [0.2, 0.25) is 0 Å². The van der Waals surface area contributed by atoms with Gasteiger partial charge in [0.15, 0.2) is 0 Å². The quantitative estimate of drug-likeness (QED) is 0.0573. The van der Waals surface area contributed by atoms with Crippen molar-refractivity contribution in [2.24, 2.45) is 11.8 Å². The summed E-state index contributed by atoms with van der Waals surface area (Å²) in [5.41, 5.74) is 0. The van der Waals surface area contributed by atoms with Crippen molar-refractivity contribution in [2.45, 2.75) is 200 Å². The van der Waals surface area contributed by atoms with Gasteiger partial charge in [0.1, 0.15) is 0 Å². The minimum absolute atomic E-state index is 0.0186. The van der Waals surface area contributed by atoms with Gasteiger partial charge in [-0.1, -0.05) is 169 Å². The molecule has 5 nitrogen and oxygen atoms in total. The molecule has 0 aromatic carbocycles. The van der Waals surface area contributed by atoms with Crippen molar-refractivity contribution in [1.82, 2.24) is 0 Å². The topological polar surface area (TPSA) is 54.0 Å². The zero-order valence-electron chi connectivity index (χ0n) is 28.9. The van der Waals surface area contributed by atoms with Crippen molar-refractivity contribution in [1.29, 1.82) is 0 Å². The molecule has 0 spiro atoms. The molecule has 1 rings (SSSR count). The second-order valence-corrected chi connectivity index (χ2v) is 14.8. The molecule has 1 fully saturated rings. The Balaban J connectivity index is 2.72. The first-order chi connectivity index (χ1) is 20.5. The average Bonchev–Trinajstić information content (AvgIpc) is 3.47. The Labute approximate surface area is 263 Å². The lowest BCUT2D eigenvalue weighted by Crippen LogP contribution is -2.29. The van der Waals surface area contributed by atoms with Crippen LogP contribution < -0.4 is 0 Å². The van der Waals surface area contributed by atoms with E-state index in [-0.39, 0.29) is 12.2 Å². The van der Waals surface area contributed by atoms with Crippen LogP contribution in [-0.4, -0.2) is 32.5 Å². The summed E-state index contributed by atoms with van der Waals surface area (Å²) < 4.78 is 37.7. The van der Waals surface area contributed by atoms with Crippen LogP contribution in [0.25, 0.3) is 0 Å². The third-order valence-corrected chi connectivity index (χ3v) is 10.8. The summed E-state index contributed by atoms with van der Waals surface area (Å²) in [6, 6.07) is 0. The van der Waals surface area contributed by atoms with E-state index in [0.29, 0.717) is 18.4 Å². The maximum atomic E-state index is 13.7. The molecule has 1 aliphatic rings. The number of hydrogen-bond donors (Lipinski definition) is 0. The van der Waals surface area contributed by atoms with Crippen LogP contribution in [0.15, 0.2) is 0 Å². The smallest absolute Gasteiger partial charge is 0.375 e. The molecule has 6 heteroatoms. The fourth-order valence-electron chi connectivity index (χ4n) is 6.64. The molecule has 42 heavy (non-hydrogen) atoms. The van der Waals surface area contributed by atoms with Crippen LogP contribution >= 0.6 is 7.82 Å². The number of ether oxygens (including phenoxy) is 1. The van der Waals surface area contributed by atoms with Crippen LogP contribution in [0.1, 0.15) is 188 Å². The van der Waals surface area contributed by atoms with Gasteiger partial charge in [0.25, 0.3) is 0 Å². The monoisotopic (exact) mass is 617 g/mol. The van der Waals surface area contributed by atoms with Crippen LogP contribution in [0, 0.1) is 11.8 Å². The molecule has 1 aliphatic heterocycles. The molecule has 1 heterocycles. The van der Waals surface area contributed by atoms with Gasteiger partial charge in [-0.05, 0) is 31.1 Å². The average molecular weight is 617 g/mol. The third-order valence-electron chi connectivity index (χ3n) is 9.38. The lowest BCUT2D eigenvalue weighted by atomic mass is 9.80. The largest absolute Gasteiger partial charge is 0.474 e. The minimum atomic E-state index is -3.64. The summed E-state index contributed by atoms with van der Waals surface area (Å²) in [6.45, 7) is 10.1. The normalized spacial score (nSPS) is 20.1. The molecule has 0 radical (unpaired) electrons. The molecule has 0 saturated carbocycles. The molecular formula is C36H73O5P. The molecule has 5 atom stereocenters. The summed E-state index contributed by atoms with van der Waals surface area (Å²) >= 11 is 0. The lowest BCUT2D eigenvalue weighted by molar-refractivity contribution is 0.00775. The van der Waals surface area contributed by atoms with Gasteiger partial charge in [-0.3, -0.25) is 13.6 Å². The predicted octanol–water partition coefficient (Wildman–Crippen LogP) is 12.6. The van der Waals surface area contributed by atoms with Crippen molar-refractivity contribution >= 4 is 7.82 Å². The van der Waals surface area contributed by atoms with E-state index in [9.17, 15) is 4.57 Å². The van der Waals surface area contributed by atoms with Crippen molar-refractivity contribution in [3.8, 4) is 0 Å². The number of phosphoric ester groups is 1. The molecule has 5 unspecified atom stereocenters. The van der Waals surface area contributed by atoms with E-state index in [1.165, 1.54) is 136 Å². The van der Waals surface area contributed by atoms with E-state index < -0.39 is 7.82 Å². The van der Waals surface area contributed by atoms with E-state index in [4.69, 9.17) is 18.3 Å². The Kier molecular flexibility index (Phi) is 26.1. The van der Waals surface area contributed by atoms with Gasteiger partial charge >= 0.3 is 7.82 Å². The molecular weight excluding hydrogens is 543 g/mol. The fourth-order valence-corrected chi connectivity index (χ4v) is 7.80. The molecule has 0 aromatic rings. The molecule has 1 saturated heterocycles. The Hall–Kier alpha value is 0.0700. The summed E-state index contributed by atoms with van der Waals surface area (Å²) in [6.07, 6.45) is 30.8. The first-order valence-electron chi connectivity index (χ1n) is 18.6. The van der Waals surface area contributed by atoms with Crippen LogP contribution in [0.4, 0.5) is 0 Å². The highest BCUT2D eigenvalue weighted by molar-refractivity contribution is 7.48. The highest BCUT2D eigenvalue weighted by Crippen LogP contribution is 2.52. The highest BCUT2D eigenvalue weighted by atomic mass is 31.2. The Bertz CT molecular complexity index is 630. The van der Waals surface area contributed by atoms with Gasteiger partial charge in [-0.25, -0.2) is 4.57 Å². The maximum Gasteiger partial charge on any atom is 0.474 e. The van der Waals surface area contributed by atoms with Gasteiger partial charge < -0.3 is 4.74 Å². The molecule has 0 amide bonds. The van der Waals surface area contributed by atoms with Crippen molar-refractivity contribution in [3.63, 3.8) is 0 Å². The number of hydrogen-bond acceptors (Lipinski definition) is 5. The van der Waals surface area contributed by atoms with Crippen molar-refractivity contribution in [2.75, 3.05) is 20.3 Å². The lowest BCUT2D eigenvalue weighted by Gasteiger charge is -2.29. The molecule has 0 N–H and O–H groups in total. The zero-order chi connectivity index (χ0) is 30.7. The van der Waals surface area contributed by atoms with E-state index in [2.05, 4.69) is 27.7 Å². The van der Waals surface area contributed by atoms with E-state index >= 15 is 0 Å². The first-order valence-corrected chi connectivity index (χ1v) is 20.1. The first kappa shape index (κ1) is 40.1. The van der Waals surface area contributed by atoms with Gasteiger partial charge in [0.2, 0.25) is 0 Å². The summed E-state index contributed by atoms with van der Waals surface area (Å²) in [7, 11) is -2.16. The molecule has 0 aliphatic carbocycles. The van der Waals surface area contributed by atoms with Gasteiger partial charge in [0.05, 0.1) is 18.8 Å². The van der Waals surface area contributed by atoms with Crippen molar-refractivity contribution < 1.29 is 22.9 Å². The van der Waals surface area contributed by atoms with Gasteiger partial charge in [-0.2, -0.15) is 0 Å². The van der Waals surface area contributed by atoms with E-state index in [0.717, 1.165) is 38.7 Å². The van der Waals surface area contributed by atoms with Crippen molar-refractivity contribution in [3.05, 3.63) is 0 Å². The predicted molar refractivity (Wildman–Crippen MR) is 180 cm³/mol. The Morgan fingerprint density at radius 3 is 1.55 bits per heavy atom. The zero-order valence-corrected chi connectivity index (χ0v) is 29.8. The summed E-state index contributed by atoms with van der Waals surface area (Å²) in [5, 5.41) is 0. The van der Waals surface area contributed by atoms with E-state index in [1.807, 2.05) is 0 Å². The molecule has 0 aromatic heterocycles. The second kappa shape index (κ2) is 27.4. The SMILES string of the molecule is CCCCCCCCC(CCCCCCC)OP(=O)(OC)OCC1OCCC1C(CCCCCC)CCCCCCC. The highest BCUT2D eigenvalue weighted by Gasteiger charge is 2.37. The van der Waals surface area contributed by atoms with Crippen LogP contribution in [0.5, 0.6) is 0 Å². The maximum absolute atomic E-state index is 13.7. The van der Waals surface area contributed by atoms with Gasteiger partial charge in [0, 0.05) is 13.7 Å². The third kappa shape index (κ3) is 19.5. The number of rotatable bonds is 31. The standard InChI is InChI=1S/C36H73O5P/c1-6-10-14-18-21-25-29-34(28-24-20-16-12-8-3)41-42(37,38-5)40-32-36-35(30-31-39-36)33(26-22-17-13-9-4)27-23-19-15-11-7-2/h33-36H,6-32H2,1-5H3. The van der Waals surface area contributed by atoms with Crippen LogP contribution in [0.3, 0.4) is 0 Å². The number of phosphoric acid groups is 1.